The van der Waals surface area contributed by atoms with Crippen LogP contribution in [0.2, 0.25) is 0 Å². The monoisotopic (exact) mass is 250 g/mol. The van der Waals surface area contributed by atoms with E-state index in [1.54, 1.807) is 24.3 Å². The average Bonchev–Trinajstić information content (AvgIpc) is 2.37. The number of ketones is 1. The van der Waals surface area contributed by atoms with Crippen LogP contribution in [0.5, 0.6) is 5.75 Å². The van der Waals surface area contributed by atoms with Crippen molar-refractivity contribution in [3.05, 3.63) is 29.8 Å². The molecule has 98 valence electrons. The number of carbonyl (C=O) groups excluding carboxylic acids is 2. The largest absolute Gasteiger partial charge is 0.497 e. The van der Waals surface area contributed by atoms with Gasteiger partial charge in [-0.15, -0.1) is 0 Å². The van der Waals surface area contributed by atoms with Crippen molar-refractivity contribution >= 4 is 11.7 Å². The number of likely N-dealkylation sites (N-methyl/N-ethyl adjacent to an activating group) is 1. The molecule has 0 radical (unpaired) electrons. The highest BCUT2D eigenvalue weighted by Crippen LogP contribution is 2.12. The summed E-state index contributed by atoms with van der Waals surface area (Å²) >= 11 is 0. The fraction of sp³-hybridized carbons (Fsp3) is 0.385. The number of ether oxygens (including phenoxy) is 1. The van der Waals surface area contributed by atoms with Crippen LogP contribution in [0.4, 0.5) is 0 Å². The van der Waals surface area contributed by atoms with E-state index in [4.69, 9.17) is 4.74 Å². The Hall–Kier alpha value is -1.88. The minimum atomic E-state index is -0.592. The summed E-state index contributed by atoms with van der Waals surface area (Å²) in [5.74, 6) is -0.584. The van der Waals surface area contributed by atoms with Gasteiger partial charge >= 0.3 is 0 Å². The van der Waals surface area contributed by atoms with Crippen LogP contribution in [0.15, 0.2) is 24.3 Å². The molecule has 0 spiro atoms. The second kappa shape index (κ2) is 6.76. The number of benzene rings is 1. The van der Waals surface area contributed by atoms with Crippen molar-refractivity contribution in [2.75, 3.05) is 34.3 Å². The average molecular weight is 250 g/mol. The highest BCUT2D eigenvalue weighted by molar-refractivity contribution is 6.42. The Morgan fingerprint density at radius 1 is 1.33 bits per heavy atom. The molecule has 0 aliphatic heterocycles. The van der Waals surface area contributed by atoms with Crippen molar-refractivity contribution in [1.82, 2.24) is 10.2 Å². The zero-order chi connectivity index (χ0) is 13.5. The Morgan fingerprint density at radius 2 is 2.06 bits per heavy atom. The first-order chi connectivity index (χ1) is 8.54. The van der Waals surface area contributed by atoms with E-state index in [-0.39, 0.29) is 0 Å². The molecule has 0 saturated heterocycles. The third-order valence-electron chi connectivity index (χ3n) is 2.38. The molecule has 1 amide bonds. The Labute approximate surface area is 107 Å². The van der Waals surface area contributed by atoms with E-state index >= 15 is 0 Å². The van der Waals surface area contributed by atoms with Crippen LogP contribution in [0.1, 0.15) is 10.4 Å². The van der Waals surface area contributed by atoms with E-state index in [1.165, 1.54) is 7.11 Å². The molecule has 18 heavy (non-hydrogen) atoms. The predicted molar refractivity (Wildman–Crippen MR) is 68.9 cm³/mol. The standard InChI is InChI=1S/C13H18N2O3/c1-15(2)8-7-14-13(17)12(16)10-5-4-6-11(9-10)18-3/h4-6,9H,7-8H2,1-3H3,(H,14,17). The first-order valence-corrected chi connectivity index (χ1v) is 5.66. The minimum absolute atomic E-state index is 0.330. The second-order valence-electron chi connectivity index (χ2n) is 4.12. The lowest BCUT2D eigenvalue weighted by molar-refractivity contribution is -0.117. The van der Waals surface area contributed by atoms with Crippen molar-refractivity contribution < 1.29 is 14.3 Å². The lowest BCUT2D eigenvalue weighted by atomic mass is 10.1. The Bertz CT molecular complexity index is 430. The van der Waals surface area contributed by atoms with E-state index < -0.39 is 11.7 Å². The molecule has 5 heteroatoms. The van der Waals surface area contributed by atoms with Crippen LogP contribution >= 0.6 is 0 Å². The van der Waals surface area contributed by atoms with Crippen molar-refractivity contribution in [2.45, 2.75) is 0 Å². The number of Topliss-reactive ketones (excluding diaryl/α,β-unsaturated/α-hetero) is 1. The molecule has 0 atom stereocenters. The van der Waals surface area contributed by atoms with E-state index in [2.05, 4.69) is 5.32 Å². The summed E-state index contributed by atoms with van der Waals surface area (Å²) < 4.78 is 5.01. The highest BCUT2D eigenvalue weighted by Gasteiger charge is 2.15. The van der Waals surface area contributed by atoms with Crippen LogP contribution in [-0.4, -0.2) is 50.9 Å². The number of hydrogen-bond donors (Lipinski definition) is 1. The smallest absolute Gasteiger partial charge is 0.292 e. The number of hydrogen-bond acceptors (Lipinski definition) is 4. The highest BCUT2D eigenvalue weighted by atomic mass is 16.5. The van der Waals surface area contributed by atoms with Crippen LogP contribution < -0.4 is 10.1 Å². The van der Waals surface area contributed by atoms with Gasteiger partial charge in [-0.05, 0) is 26.2 Å². The Kier molecular flexibility index (Phi) is 5.32. The van der Waals surface area contributed by atoms with E-state index in [0.717, 1.165) is 0 Å². The molecule has 0 bridgehead atoms. The van der Waals surface area contributed by atoms with Gasteiger partial charge in [-0.3, -0.25) is 9.59 Å². The third-order valence-corrected chi connectivity index (χ3v) is 2.38. The lowest BCUT2D eigenvalue weighted by Crippen LogP contribution is -2.35. The van der Waals surface area contributed by atoms with Crippen molar-refractivity contribution in [3.63, 3.8) is 0 Å². The molecule has 0 aromatic heterocycles. The number of nitrogens with one attached hydrogen (secondary N) is 1. The van der Waals surface area contributed by atoms with Crippen molar-refractivity contribution in [2.24, 2.45) is 0 Å². The molecule has 1 rings (SSSR count). The zero-order valence-electron chi connectivity index (χ0n) is 10.9. The molecule has 0 fully saturated rings. The quantitative estimate of drug-likeness (QED) is 0.592. The lowest BCUT2D eigenvalue weighted by Gasteiger charge is -2.10. The third kappa shape index (κ3) is 4.18. The Morgan fingerprint density at radius 3 is 2.67 bits per heavy atom. The molecule has 0 saturated carbocycles. The zero-order valence-corrected chi connectivity index (χ0v) is 10.9. The first-order valence-electron chi connectivity index (χ1n) is 5.66. The van der Waals surface area contributed by atoms with Gasteiger partial charge < -0.3 is 15.0 Å². The van der Waals surface area contributed by atoms with Crippen molar-refractivity contribution in [3.8, 4) is 5.75 Å². The van der Waals surface area contributed by atoms with E-state index in [0.29, 0.717) is 24.4 Å². The minimum Gasteiger partial charge on any atom is -0.497 e. The summed E-state index contributed by atoms with van der Waals surface area (Å²) in [4.78, 5) is 25.3. The Balaban J connectivity index is 2.60. The normalized spacial score (nSPS) is 10.2. The van der Waals surface area contributed by atoms with Crippen molar-refractivity contribution in [1.29, 1.82) is 0 Å². The summed E-state index contributed by atoms with van der Waals surface area (Å²) in [6, 6.07) is 6.55. The maximum absolute atomic E-state index is 11.8. The van der Waals surface area contributed by atoms with E-state index in [9.17, 15) is 9.59 Å². The number of carbonyl (C=O) groups is 2. The number of rotatable bonds is 6. The molecule has 0 aliphatic rings. The molecular formula is C13H18N2O3. The van der Waals surface area contributed by atoms with Gasteiger partial charge in [0.05, 0.1) is 7.11 Å². The molecule has 1 aromatic rings. The predicted octanol–water partition coefficient (Wildman–Crippen LogP) is 0.556. The number of nitrogens with zero attached hydrogens (tertiary/aromatic N) is 1. The topological polar surface area (TPSA) is 58.6 Å². The fourth-order valence-corrected chi connectivity index (χ4v) is 1.37. The number of amides is 1. The second-order valence-corrected chi connectivity index (χ2v) is 4.12. The van der Waals surface area contributed by atoms with Crippen LogP contribution in [0, 0.1) is 0 Å². The summed E-state index contributed by atoms with van der Waals surface area (Å²) in [5, 5.41) is 2.58. The molecular weight excluding hydrogens is 232 g/mol. The SMILES string of the molecule is COc1cccc(C(=O)C(=O)NCCN(C)C)c1. The fourth-order valence-electron chi connectivity index (χ4n) is 1.37. The first kappa shape index (κ1) is 14.2. The molecule has 1 N–H and O–H groups in total. The van der Waals surface area contributed by atoms with Gasteiger partial charge in [0, 0.05) is 18.7 Å². The maximum Gasteiger partial charge on any atom is 0.292 e. The van der Waals surface area contributed by atoms with Gasteiger partial charge in [-0.1, -0.05) is 12.1 Å². The number of methoxy groups -OCH3 is 1. The van der Waals surface area contributed by atoms with Gasteiger partial charge in [0.1, 0.15) is 5.75 Å². The van der Waals surface area contributed by atoms with Gasteiger partial charge in [0.25, 0.3) is 5.91 Å². The molecule has 0 unspecified atom stereocenters. The van der Waals surface area contributed by atoms with Crippen LogP contribution in [-0.2, 0) is 4.79 Å². The molecule has 0 aliphatic carbocycles. The summed E-state index contributed by atoms with van der Waals surface area (Å²) in [6.45, 7) is 1.14. The molecule has 0 heterocycles. The molecule has 5 nitrogen and oxygen atoms in total. The van der Waals surface area contributed by atoms with Gasteiger partial charge in [0.15, 0.2) is 0 Å². The maximum atomic E-state index is 11.8. The molecule has 1 aromatic carbocycles. The summed E-state index contributed by atoms with van der Waals surface area (Å²) in [7, 11) is 5.31. The van der Waals surface area contributed by atoms with E-state index in [1.807, 2.05) is 19.0 Å². The summed E-state index contributed by atoms with van der Waals surface area (Å²) in [6.07, 6.45) is 0. The van der Waals surface area contributed by atoms with Crippen LogP contribution in [0.25, 0.3) is 0 Å². The van der Waals surface area contributed by atoms with Gasteiger partial charge in [-0.2, -0.15) is 0 Å². The van der Waals surface area contributed by atoms with Gasteiger partial charge in [0.2, 0.25) is 5.78 Å². The van der Waals surface area contributed by atoms with Gasteiger partial charge in [-0.25, -0.2) is 0 Å². The van der Waals surface area contributed by atoms with Crippen LogP contribution in [0.3, 0.4) is 0 Å². The summed E-state index contributed by atoms with van der Waals surface area (Å²) in [5.41, 5.74) is 0.330.